The highest BCUT2D eigenvalue weighted by molar-refractivity contribution is 6.03. The lowest BCUT2D eigenvalue weighted by molar-refractivity contribution is -0.0994. The van der Waals surface area contributed by atoms with Crippen LogP contribution in [-0.4, -0.2) is 53.6 Å². The smallest absolute Gasteiger partial charge is 0.351 e. The van der Waals surface area contributed by atoms with Crippen LogP contribution in [0.1, 0.15) is 39.7 Å². The number of hydrogen-bond donors (Lipinski definition) is 2. The topological polar surface area (TPSA) is 121 Å². The summed E-state index contributed by atoms with van der Waals surface area (Å²) in [6, 6.07) is 35.3. The summed E-state index contributed by atoms with van der Waals surface area (Å²) in [5, 5.41) is 13.1. The minimum atomic E-state index is -1.15. The molecular formula is C37H35N3O7. The van der Waals surface area contributed by atoms with Gasteiger partial charge in [-0.25, -0.2) is 4.79 Å². The van der Waals surface area contributed by atoms with Gasteiger partial charge in [-0.3, -0.25) is 9.36 Å². The summed E-state index contributed by atoms with van der Waals surface area (Å²) in [5.41, 5.74) is 1.19. The maximum atomic E-state index is 13.2. The van der Waals surface area contributed by atoms with Crippen LogP contribution < -0.4 is 20.5 Å². The average molecular weight is 634 g/mol. The van der Waals surface area contributed by atoms with Crippen LogP contribution in [0.25, 0.3) is 0 Å². The molecule has 47 heavy (non-hydrogen) atoms. The molecule has 4 aromatic carbocycles. The number of benzene rings is 4. The third-order valence-corrected chi connectivity index (χ3v) is 8.28. The zero-order valence-corrected chi connectivity index (χ0v) is 26.0. The second-order valence-corrected chi connectivity index (χ2v) is 11.0. The second-order valence-electron chi connectivity index (χ2n) is 11.0. The number of hydrogen-bond acceptors (Lipinski definition) is 8. The number of anilines is 1. The molecule has 2 N–H and O–H groups in total. The highest BCUT2D eigenvalue weighted by Crippen LogP contribution is 2.45. The number of carbonyl (C=O) groups is 1. The van der Waals surface area contributed by atoms with Crippen molar-refractivity contribution in [2.24, 2.45) is 0 Å². The first kappa shape index (κ1) is 31.7. The molecule has 0 aliphatic carbocycles. The highest BCUT2D eigenvalue weighted by Gasteiger charge is 2.46. The van der Waals surface area contributed by atoms with Crippen LogP contribution >= 0.6 is 0 Å². The van der Waals surface area contributed by atoms with E-state index < -0.39 is 29.7 Å². The lowest BCUT2D eigenvalue weighted by Crippen LogP contribution is -2.40. The molecule has 10 heteroatoms. The minimum absolute atomic E-state index is 0.117. The molecule has 1 aromatic heterocycles. The number of methoxy groups -OCH3 is 2. The number of nitrogens with one attached hydrogen (secondary N) is 1. The number of aromatic nitrogens is 2. The molecule has 0 radical (unpaired) electrons. The van der Waals surface area contributed by atoms with Gasteiger partial charge in [0.2, 0.25) is 0 Å². The van der Waals surface area contributed by atoms with Gasteiger partial charge in [-0.1, -0.05) is 72.8 Å². The van der Waals surface area contributed by atoms with Crippen molar-refractivity contribution in [1.29, 1.82) is 0 Å². The summed E-state index contributed by atoms with van der Waals surface area (Å²) in [7, 11) is 3.23. The zero-order valence-electron chi connectivity index (χ0n) is 26.0. The average Bonchev–Trinajstić information content (AvgIpc) is 3.53. The molecule has 1 amide bonds. The fraction of sp³-hybridized carbons (Fsp3) is 0.216. The van der Waals surface area contributed by atoms with Crippen LogP contribution in [-0.2, 0) is 15.1 Å². The first-order valence-corrected chi connectivity index (χ1v) is 15.2. The van der Waals surface area contributed by atoms with Gasteiger partial charge in [0, 0.05) is 18.2 Å². The third-order valence-electron chi connectivity index (χ3n) is 8.28. The van der Waals surface area contributed by atoms with Gasteiger partial charge in [0.1, 0.15) is 35.2 Å². The van der Waals surface area contributed by atoms with Crippen LogP contribution in [0.4, 0.5) is 5.82 Å². The molecular weight excluding hydrogens is 598 g/mol. The fourth-order valence-corrected chi connectivity index (χ4v) is 5.89. The Morgan fingerprint density at radius 3 is 1.94 bits per heavy atom. The number of carbonyl (C=O) groups excluding carboxylic acids is 1. The Balaban J connectivity index is 1.35. The van der Waals surface area contributed by atoms with E-state index in [-0.39, 0.29) is 24.8 Å². The minimum Gasteiger partial charge on any atom is -0.497 e. The molecule has 0 spiro atoms. The predicted molar refractivity (Wildman–Crippen MR) is 176 cm³/mol. The summed E-state index contributed by atoms with van der Waals surface area (Å²) < 4.78 is 25.6. The number of rotatable bonds is 11. The molecule has 10 nitrogen and oxygen atoms in total. The van der Waals surface area contributed by atoms with E-state index in [1.807, 2.05) is 84.9 Å². The maximum absolute atomic E-state index is 13.2. The van der Waals surface area contributed by atoms with Gasteiger partial charge < -0.3 is 29.4 Å². The van der Waals surface area contributed by atoms with E-state index in [9.17, 15) is 14.7 Å². The van der Waals surface area contributed by atoms with E-state index in [0.717, 1.165) is 16.7 Å². The molecule has 0 bridgehead atoms. The number of ether oxygens (including phenoxy) is 4. The summed E-state index contributed by atoms with van der Waals surface area (Å²) in [5.74, 6) is 1.12. The standard InChI is InChI=1S/C37H35N3O7/c1-44-29-17-13-27(14-18-29)37(26-11-7-4-8-12-26,28-15-19-30(45-2)20-16-28)47-31-23-34(46-32(31)24-41)40-22-21-33(39-36(40)43)38-35(42)25-9-5-3-6-10-25/h3-22,31-32,34,41H,23-24H2,1-2H3,(H,38,39,42,43)/t31-,32-,34+/m0/s1. The number of nitrogens with zero attached hydrogens (tertiary/aromatic N) is 2. The Morgan fingerprint density at radius 1 is 0.851 bits per heavy atom. The monoisotopic (exact) mass is 633 g/mol. The van der Waals surface area contributed by atoms with Gasteiger partial charge in [-0.15, -0.1) is 0 Å². The van der Waals surface area contributed by atoms with Gasteiger partial charge in [0.15, 0.2) is 0 Å². The number of amides is 1. The van der Waals surface area contributed by atoms with E-state index >= 15 is 0 Å². The molecule has 1 saturated heterocycles. The molecule has 1 aliphatic heterocycles. The maximum Gasteiger partial charge on any atom is 0.351 e. The van der Waals surface area contributed by atoms with Crippen molar-refractivity contribution in [3.8, 4) is 11.5 Å². The van der Waals surface area contributed by atoms with Gasteiger partial charge in [0.25, 0.3) is 5.91 Å². The molecule has 6 rings (SSSR count). The van der Waals surface area contributed by atoms with Crippen LogP contribution in [0.5, 0.6) is 11.5 Å². The second kappa shape index (κ2) is 14.0. The SMILES string of the molecule is COc1ccc(C(O[C@H]2C[C@H](n3ccc(NC(=O)c4ccccc4)nc3=O)O[C@H]2CO)(c2ccccc2)c2ccc(OC)cc2)cc1. The van der Waals surface area contributed by atoms with Gasteiger partial charge >= 0.3 is 5.69 Å². The van der Waals surface area contributed by atoms with Crippen molar-refractivity contribution in [2.75, 3.05) is 26.1 Å². The third kappa shape index (κ3) is 6.52. The fourth-order valence-electron chi connectivity index (χ4n) is 5.89. The van der Waals surface area contributed by atoms with Crippen molar-refractivity contribution in [1.82, 2.24) is 9.55 Å². The molecule has 240 valence electrons. The highest BCUT2D eigenvalue weighted by atomic mass is 16.6. The van der Waals surface area contributed by atoms with E-state index in [1.165, 1.54) is 16.8 Å². The summed E-state index contributed by atoms with van der Waals surface area (Å²) in [6.45, 7) is -0.343. The lowest BCUT2D eigenvalue weighted by Gasteiger charge is -2.39. The summed E-state index contributed by atoms with van der Waals surface area (Å²) >= 11 is 0. The van der Waals surface area contributed by atoms with Gasteiger partial charge in [0.05, 0.1) is 26.9 Å². The molecule has 1 aliphatic rings. The van der Waals surface area contributed by atoms with Crippen LogP contribution in [0.3, 0.4) is 0 Å². The summed E-state index contributed by atoms with van der Waals surface area (Å²) in [6.07, 6.45) is -0.433. The quantitative estimate of drug-likeness (QED) is 0.191. The van der Waals surface area contributed by atoms with Gasteiger partial charge in [-0.2, -0.15) is 4.98 Å². The Bertz CT molecular complexity index is 1800. The Labute approximate surface area is 272 Å². The van der Waals surface area contributed by atoms with Crippen molar-refractivity contribution in [3.05, 3.63) is 154 Å². The van der Waals surface area contributed by atoms with Crippen LogP contribution in [0.2, 0.25) is 0 Å². The largest absolute Gasteiger partial charge is 0.497 e. The van der Waals surface area contributed by atoms with Gasteiger partial charge in [-0.05, 0) is 59.2 Å². The van der Waals surface area contributed by atoms with E-state index in [1.54, 1.807) is 38.5 Å². The molecule has 1 fully saturated rings. The first-order chi connectivity index (χ1) is 22.9. The molecule has 0 unspecified atom stereocenters. The van der Waals surface area contributed by atoms with Crippen molar-refractivity contribution >= 4 is 11.7 Å². The Kier molecular flexibility index (Phi) is 9.44. The lowest BCUT2D eigenvalue weighted by atomic mass is 9.79. The van der Waals surface area contributed by atoms with Crippen molar-refractivity contribution < 1.29 is 28.8 Å². The van der Waals surface area contributed by atoms with Crippen LogP contribution in [0.15, 0.2) is 126 Å². The molecule has 2 heterocycles. The Morgan fingerprint density at radius 2 is 1.40 bits per heavy atom. The molecule has 3 atom stereocenters. The van der Waals surface area contributed by atoms with E-state index in [0.29, 0.717) is 17.1 Å². The predicted octanol–water partition coefficient (Wildman–Crippen LogP) is 5.17. The van der Waals surface area contributed by atoms with E-state index in [2.05, 4.69) is 10.3 Å². The van der Waals surface area contributed by atoms with Crippen molar-refractivity contribution in [3.63, 3.8) is 0 Å². The Hall–Kier alpha value is -5.29. The molecule has 5 aromatic rings. The number of aliphatic hydroxyl groups excluding tert-OH is 1. The normalized spacial score (nSPS) is 17.6. The molecule has 0 saturated carbocycles. The summed E-state index contributed by atoms with van der Waals surface area (Å²) in [4.78, 5) is 29.9. The number of aliphatic hydroxyl groups is 1. The van der Waals surface area contributed by atoms with E-state index in [4.69, 9.17) is 18.9 Å². The van der Waals surface area contributed by atoms with Crippen LogP contribution in [0, 0.1) is 0 Å². The first-order valence-electron chi connectivity index (χ1n) is 15.2. The zero-order chi connectivity index (χ0) is 32.8. The van der Waals surface area contributed by atoms with Crippen molar-refractivity contribution in [2.45, 2.75) is 30.5 Å².